The second kappa shape index (κ2) is 7.80. The van der Waals surface area contributed by atoms with Gasteiger partial charge in [0.2, 0.25) is 5.91 Å². The minimum absolute atomic E-state index is 0.0562. The number of nitriles is 1. The molecule has 0 aliphatic heterocycles. The normalized spacial score (nSPS) is 11.6. The van der Waals surface area contributed by atoms with E-state index in [0.29, 0.717) is 24.1 Å². The van der Waals surface area contributed by atoms with Crippen LogP contribution in [0.25, 0.3) is 0 Å². The molecule has 0 saturated carbocycles. The molecule has 2 aromatic rings. The number of nitrogens with one attached hydrogen (secondary N) is 2. The van der Waals surface area contributed by atoms with Gasteiger partial charge in [-0.05, 0) is 56.4 Å². The Morgan fingerprint density at radius 3 is 2.60 bits per heavy atom. The zero-order valence-electron chi connectivity index (χ0n) is 15.1. The number of H-pyrrole nitrogens is 1. The van der Waals surface area contributed by atoms with Crippen LogP contribution in [-0.4, -0.2) is 10.9 Å². The van der Waals surface area contributed by atoms with Gasteiger partial charge >= 0.3 is 0 Å². The smallest absolute Gasteiger partial charge is 0.266 e. The van der Waals surface area contributed by atoms with Crippen LogP contribution < -0.4 is 10.9 Å². The number of amides is 1. The first-order valence-corrected chi connectivity index (χ1v) is 8.32. The zero-order chi connectivity index (χ0) is 18.6. The topological polar surface area (TPSA) is 85.8 Å². The molecule has 5 nitrogen and oxygen atoms in total. The highest BCUT2D eigenvalue weighted by Crippen LogP contribution is 2.18. The number of hydrogen-bond donors (Lipinski definition) is 2. The summed E-state index contributed by atoms with van der Waals surface area (Å²) in [6, 6.07) is 9.83. The van der Waals surface area contributed by atoms with Gasteiger partial charge in [-0.1, -0.05) is 24.3 Å². The molecule has 0 aliphatic carbocycles. The van der Waals surface area contributed by atoms with E-state index in [1.807, 2.05) is 44.2 Å². The number of hydrogen-bond acceptors (Lipinski definition) is 3. The number of aromatic nitrogens is 1. The SMILES string of the molecule is Cc1ccccc1[C@H](C)NC(=O)CCc1c(C)[nH]c(=O)c(C#N)c1C. The van der Waals surface area contributed by atoms with Gasteiger partial charge in [0.1, 0.15) is 11.6 Å². The van der Waals surface area contributed by atoms with Crippen LogP contribution in [0.2, 0.25) is 0 Å². The van der Waals surface area contributed by atoms with Crippen molar-refractivity contribution >= 4 is 5.91 Å². The number of aryl methyl sites for hydroxylation is 2. The summed E-state index contributed by atoms with van der Waals surface area (Å²) in [5.41, 5.74) is 4.20. The van der Waals surface area contributed by atoms with Gasteiger partial charge in [0, 0.05) is 12.1 Å². The van der Waals surface area contributed by atoms with Gasteiger partial charge in [-0.3, -0.25) is 9.59 Å². The average molecular weight is 337 g/mol. The van der Waals surface area contributed by atoms with Gasteiger partial charge in [0.05, 0.1) is 6.04 Å². The number of carbonyl (C=O) groups excluding carboxylic acids is 1. The summed E-state index contributed by atoms with van der Waals surface area (Å²) in [6.07, 6.45) is 0.782. The molecule has 130 valence electrons. The highest BCUT2D eigenvalue weighted by atomic mass is 16.1. The molecule has 5 heteroatoms. The van der Waals surface area contributed by atoms with E-state index in [1.165, 1.54) is 0 Å². The quantitative estimate of drug-likeness (QED) is 0.879. The predicted octanol–water partition coefficient (Wildman–Crippen LogP) is 2.98. The van der Waals surface area contributed by atoms with Crippen LogP contribution >= 0.6 is 0 Å². The summed E-state index contributed by atoms with van der Waals surface area (Å²) in [7, 11) is 0. The van der Waals surface area contributed by atoms with Crippen LogP contribution in [0.15, 0.2) is 29.1 Å². The molecule has 0 fully saturated rings. The van der Waals surface area contributed by atoms with Crippen LogP contribution in [0.4, 0.5) is 0 Å². The third kappa shape index (κ3) is 4.16. The molecule has 0 aliphatic rings. The molecule has 0 radical (unpaired) electrons. The number of carbonyl (C=O) groups is 1. The van der Waals surface area contributed by atoms with Gasteiger partial charge < -0.3 is 10.3 Å². The van der Waals surface area contributed by atoms with E-state index in [0.717, 1.165) is 16.7 Å². The van der Waals surface area contributed by atoms with Crippen molar-refractivity contribution in [3.63, 3.8) is 0 Å². The first kappa shape index (κ1) is 18.5. The van der Waals surface area contributed by atoms with E-state index in [-0.39, 0.29) is 23.1 Å². The molecule has 1 amide bonds. The Hall–Kier alpha value is -2.87. The lowest BCUT2D eigenvalue weighted by molar-refractivity contribution is -0.121. The molecule has 25 heavy (non-hydrogen) atoms. The second-order valence-electron chi connectivity index (χ2n) is 6.32. The number of benzene rings is 1. The fourth-order valence-corrected chi connectivity index (χ4v) is 3.12. The Morgan fingerprint density at radius 2 is 1.96 bits per heavy atom. The lowest BCUT2D eigenvalue weighted by Gasteiger charge is -2.17. The lowest BCUT2D eigenvalue weighted by Crippen LogP contribution is -2.27. The van der Waals surface area contributed by atoms with Crippen molar-refractivity contribution in [1.29, 1.82) is 5.26 Å². The van der Waals surface area contributed by atoms with Gasteiger partial charge in [0.25, 0.3) is 5.56 Å². The van der Waals surface area contributed by atoms with Crippen LogP contribution in [0.1, 0.15) is 52.9 Å². The van der Waals surface area contributed by atoms with Gasteiger partial charge in [-0.25, -0.2) is 0 Å². The lowest BCUT2D eigenvalue weighted by atomic mass is 9.98. The summed E-state index contributed by atoms with van der Waals surface area (Å²) in [5.74, 6) is -0.0562. The van der Waals surface area contributed by atoms with Crippen molar-refractivity contribution in [2.75, 3.05) is 0 Å². The first-order valence-electron chi connectivity index (χ1n) is 8.32. The fraction of sp³-hybridized carbons (Fsp3) is 0.350. The van der Waals surface area contributed by atoms with Crippen LogP contribution in [0, 0.1) is 32.1 Å². The molecule has 0 saturated heterocycles. The minimum Gasteiger partial charge on any atom is -0.350 e. The average Bonchev–Trinajstić information content (AvgIpc) is 2.55. The molecule has 1 heterocycles. The third-order valence-corrected chi connectivity index (χ3v) is 4.55. The Kier molecular flexibility index (Phi) is 5.76. The van der Waals surface area contributed by atoms with E-state index < -0.39 is 0 Å². The van der Waals surface area contributed by atoms with Crippen LogP contribution in [-0.2, 0) is 11.2 Å². The fourth-order valence-electron chi connectivity index (χ4n) is 3.12. The number of pyridine rings is 1. The summed E-state index contributed by atoms with van der Waals surface area (Å²) in [4.78, 5) is 26.8. The number of aromatic amines is 1. The van der Waals surface area contributed by atoms with Gasteiger partial charge in [0.15, 0.2) is 0 Å². The molecule has 0 bridgehead atoms. The minimum atomic E-state index is -0.376. The van der Waals surface area contributed by atoms with Crippen LogP contribution in [0.3, 0.4) is 0 Å². The highest BCUT2D eigenvalue weighted by molar-refractivity contribution is 5.76. The Morgan fingerprint density at radius 1 is 1.28 bits per heavy atom. The molecular weight excluding hydrogens is 314 g/mol. The molecule has 1 atom stereocenters. The van der Waals surface area contributed by atoms with E-state index in [9.17, 15) is 9.59 Å². The van der Waals surface area contributed by atoms with E-state index >= 15 is 0 Å². The third-order valence-electron chi connectivity index (χ3n) is 4.55. The molecular formula is C20H23N3O2. The maximum atomic E-state index is 12.3. The molecule has 1 aromatic heterocycles. The van der Waals surface area contributed by atoms with Gasteiger partial charge in [-0.2, -0.15) is 5.26 Å². The predicted molar refractivity (Wildman–Crippen MR) is 97.3 cm³/mol. The molecule has 1 aromatic carbocycles. The highest BCUT2D eigenvalue weighted by Gasteiger charge is 2.15. The summed E-state index contributed by atoms with van der Waals surface area (Å²) in [5, 5.41) is 12.1. The Balaban J connectivity index is 2.07. The monoisotopic (exact) mass is 337 g/mol. The van der Waals surface area contributed by atoms with Crippen molar-refractivity contribution < 1.29 is 4.79 Å². The molecule has 0 unspecified atom stereocenters. The van der Waals surface area contributed by atoms with Crippen molar-refractivity contribution in [1.82, 2.24) is 10.3 Å². The summed E-state index contributed by atoms with van der Waals surface area (Å²) in [6.45, 7) is 7.53. The van der Waals surface area contributed by atoms with E-state index in [4.69, 9.17) is 5.26 Å². The van der Waals surface area contributed by atoms with Crippen molar-refractivity contribution in [2.45, 2.75) is 46.6 Å². The van der Waals surface area contributed by atoms with E-state index in [1.54, 1.807) is 13.8 Å². The Labute approximate surface area is 147 Å². The Bertz CT molecular complexity index is 891. The number of rotatable bonds is 5. The van der Waals surface area contributed by atoms with E-state index in [2.05, 4.69) is 10.3 Å². The molecule has 2 N–H and O–H groups in total. The maximum Gasteiger partial charge on any atom is 0.266 e. The zero-order valence-corrected chi connectivity index (χ0v) is 15.1. The first-order chi connectivity index (χ1) is 11.8. The second-order valence-corrected chi connectivity index (χ2v) is 6.32. The van der Waals surface area contributed by atoms with Crippen molar-refractivity contribution in [3.05, 3.63) is 68.1 Å². The van der Waals surface area contributed by atoms with Crippen LogP contribution in [0.5, 0.6) is 0 Å². The summed E-state index contributed by atoms with van der Waals surface area (Å²) >= 11 is 0. The standard InChI is InChI=1S/C20H23N3O2/c1-12-7-5-6-8-16(12)14(3)22-19(24)10-9-17-13(2)18(11-21)20(25)23-15(17)4/h5-8,14H,9-10H2,1-4H3,(H,22,24)(H,23,25)/t14-/m0/s1. The summed E-state index contributed by atoms with van der Waals surface area (Å²) < 4.78 is 0. The molecule has 0 spiro atoms. The van der Waals surface area contributed by atoms with Gasteiger partial charge in [-0.15, -0.1) is 0 Å². The van der Waals surface area contributed by atoms with Crippen molar-refractivity contribution in [2.24, 2.45) is 0 Å². The maximum absolute atomic E-state index is 12.3. The number of nitrogens with zero attached hydrogens (tertiary/aromatic N) is 1. The largest absolute Gasteiger partial charge is 0.350 e. The van der Waals surface area contributed by atoms with Crippen molar-refractivity contribution in [3.8, 4) is 6.07 Å². The molecule has 2 rings (SSSR count).